The van der Waals surface area contributed by atoms with Crippen LogP contribution in [-0.4, -0.2) is 25.4 Å². The monoisotopic (exact) mass is 263 g/mol. The summed E-state index contributed by atoms with van der Waals surface area (Å²) in [6.07, 6.45) is 0. The summed E-state index contributed by atoms with van der Waals surface area (Å²) in [4.78, 5) is 0. The molecule has 0 spiro atoms. The first-order chi connectivity index (χ1) is 7.45. The first kappa shape index (κ1) is 13.4. The van der Waals surface area contributed by atoms with Crippen molar-refractivity contribution in [3.05, 3.63) is 34.9 Å². The zero-order chi connectivity index (χ0) is 12.2. The molecular formula is C10H14ClNO3S. The van der Waals surface area contributed by atoms with Gasteiger partial charge in [-0.05, 0) is 24.6 Å². The fourth-order valence-corrected chi connectivity index (χ4v) is 2.00. The molecule has 0 aliphatic rings. The number of rotatable bonds is 5. The minimum Gasteiger partial charge on any atom is -0.395 e. The first-order valence-electron chi connectivity index (χ1n) is 4.79. The third-order valence-corrected chi connectivity index (χ3v) is 4.18. The van der Waals surface area contributed by atoms with E-state index in [0.717, 1.165) is 5.56 Å². The third-order valence-electron chi connectivity index (χ3n) is 2.18. The highest BCUT2D eigenvalue weighted by atomic mass is 35.5. The minimum atomic E-state index is -3.45. The molecule has 90 valence electrons. The number of hydrogen-bond donors (Lipinski definition) is 2. The van der Waals surface area contributed by atoms with Crippen LogP contribution in [0.25, 0.3) is 0 Å². The van der Waals surface area contributed by atoms with E-state index in [4.69, 9.17) is 16.7 Å². The van der Waals surface area contributed by atoms with Gasteiger partial charge in [0.1, 0.15) is 0 Å². The summed E-state index contributed by atoms with van der Waals surface area (Å²) < 4.78 is 25.4. The second-order valence-corrected chi connectivity index (χ2v) is 6.11. The second kappa shape index (κ2) is 5.63. The quantitative estimate of drug-likeness (QED) is 0.837. The Balaban J connectivity index is 2.61. The van der Waals surface area contributed by atoms with Gasteiger partial charge >= 0.3 is 0 Å². The molecule has 0 radical (unpaired) electrons. The Morgan fingerprint density at radius 3 is 2.44 bits per heavy atom. The Kier molecular flexibility index (Phi) is 4.73. The molecule has 0 heterocycles. The van der Waals surface area contributed by atoms with E-state index in [1.54, 1.807) is 24.3 Å². The lowest BCUT2D eigenvalue weighted by molar-refractivity contribution is 0.294. The van der Waals surface area contributed by atoms with Crippen LogP contribution in [0.3, 0.4) is 0 Å². The van der Waals surface area contributed by atoms with Crippen LogP contribution >= 0.6 is 11.6 Å². The van der Waals surface area contributed by atoms with Crippen molar-refractivity contribution in [2.75, 3.05) is 6.61 Å². The Labute approximate surface area is 100 Å². The number of nitrogens with one attached hydrogen (secondary N) is 1. The first-order valence-corrected chi connectivity index (χ1v) is 6.72. The summed E-state index contributed by atoms with van der Waals surface area (Å²) in [5.74, 6) is 0. The van der Waals surface area contributed by atoms with Crippen molar-refractivity contribution in [1.82, 2.24) is 4.72 Å². The second-order valence-electron chi connectivity index (χ2n) is 3.49. The lowest BCUT2D eigenvalue weighted by Crippen LogP contribution is -2.34. The van der Waals surface area contributed by atoms with E-state index in [1.807, 2.05) is 0 Å². The van der Waals surface area contributed by atoms with Gasteiger partial charge in [-0.25, -0.2) is 13.1 Å². The van der Waals surface area contributed by atoms with Crippen LogP contribution in [0, 0.1) is 0 Å². The minimum absolute atomic E-state index is 0.198. The molecule has 1 unspecified atom stereocenters. The summed E-state index contributed by atoms with van der Waals surface area (Å²) >= 11 is 5.70. The predicted octanol–water partition coefficient (Wildman–Crippen LogP) is 1.14. The molecule has 1 aromatic rings. The molecule has 16 heavy (non-hydrogen) atoms. The van der Waals surface area contributed by atoms with Crippen LogP contribution in [0.2, 0.25) is 5.02 Å². The van der Waals surface area contributed by atoms with Gasteiger partial charge in [0, 0.05) is 11.6 Å². The lowest BCUT2D eigenvalue weighted by Gasteiger charge is -2.11. The number of sulfonamides is 1. The Morgan fingerprint density at radius 1 is 1.38 bits per heavy atom. The molecule has 0 saturated carbocycles. The van der Waals surface area contributed by atoms with Gasteiger partial charge in [-0.2, -0.15) is 0 Å². The van der Waals surface area contributed by atoms with Gasteiger partial charge < -0.3 is 5.11 Å². The maximum absolute atomic E-state index is 11.5. The van der Waals surface area contributed by atoms with Crippen molar-refractivity contribution in [3.8, 4) is 0 Å². The van der Waals surface area contributed by atoms with Crippen molar-refractivity contribution >= 4 is 21.6 Å². The van der Waals surface area contributed by atoms with Crippen LogP contribution in [-0.2, 0) is 16.6 Å². The summed E-state index contributed by atoms with van der Waals surface area (Å²) in [6.45, 7) is 1.25. The van der Waals surface area contributed by atoms with E-state index < -0.39 is 21.9 Å². The molecule has 0 aliphatic carbocycles. The fraction of sp³-hybridized carbons (Fsp3) is 0.400. The molecule has 0 aliphatic heterocycles. The van der Waals surface area contributed by atoms with Gasteiger partial charge in [0.05, 0.1) is 11.9 Å². The molecule has 0 fully saturated rings. The van der Waals surface area contributed by atoms with Crippen LogP contribution in [0.1, 0.15) is 12.5 Å². The lowest BCUT2D eigenvalue weighted by atomic mass is 10.2. The largest absolute Gasteiger partial charge is 0.395 e. The maximum atomic E-state index is 11.5. The van der Waals surface area contributed by atoms with E-state index in [0.29, 0.717) is 5.02 Å². The van der Waals surface area contributed by atoms with Crippen LogP contribution in [0.5, 0.6) is 0 Å². The Morgan fingerprint density at radius 2 is 1.94 bits per heavy atom. The van der Waals surface area contributed by atoms with Crippen LogP contribution < -0.4 is 4.72 Å². The highest BCUT2D eigenvalue weighted by molar-refractivity contribution is 7.90. The van der Waals surface area contributed by atoms with E-state index in [-0.39, 0.29) is 6.54 Å². The summed E-state index contributed by atoms with van der Waals surface area (Å²) in [6, 6.07) is 6.88. The number of benzene rings is 1. The molecule has 0 bridgehead atoms. The number of hydrogen-bond acceptors (Lipinski definition) is 3. The number of halogens is 1. The zero-order valence-electron chi connectivity index (χ0n) is 8.85. The molecule has 0 amide bonds. The molecule has 0 saturated heterocycles. The van der Waals surface area contributed by atoms with Gasteiger partial charge in [-0.3, -0.25) is 0 Å². The number of aliphatic hydroxyl groups excluding tert-OH is 1. The zero-order valence-corrected chi connectivity index (χ0v) is 10.4. The smallest absolute Gasteiger partial charge is 0.216 e. The van der Waals surface area contributed by atoms with Crippen molar-refractivity contribution in [1.29, 1.82) is 0 Å². The van der Waals surface area contributed by atoms with Crippen LogP contribution in [0.15, 0.2) is 24.3 Å². The summed E-state index contributed by atoms with van der Waals surface area (Å²) in [5, 5.41) is 8.57. The molecule has 0 aromatic heterocycles. The molecule has 4 nitrogen and oxygen atoms in total. The maximum Gasteiger partial charge on any atom is 0.216 e. The van der Waals surface area contributed by atoms with E-state index in [2.05, 4.69) is 4.72 Å². The highest BCUT2D eigenvalue weighted by Gasteiger charge is 2.18. The predicted molar refractivity (Wildman–Crippen MR) is 63.8 cm³/mol. The van der Waals surface area contributed by atoms with Crippen molar-refractivity contribution in [3.63, 3.8) is 0 Å². The molecule has 2 N–H and O–H groups in total. The van der Waals surface area contributed by atoms with E-state index >= 15 is 0 Å². The third kappa shape index (κ3) is 3.75. The Hall–Kier alpha value is -0.620. The Bertz CT molecular complexity index is 430. The highest BCUT2D eigenvalue weighted by Crippen LogP contribution is 2.09. The van der Waals surface area contributed by atoms with Crippen molar-refractivity contribution in [2.45, 2.75) is 18.7 Å². The van der Waals surface area contributed by atoms with Gasteiger partial charge in [0.25, 0.3) is 0 Å². The average Bonchev–Trinajstić information content (AvgIpc) is 2.27. The number of aliphatic hydroxyl groups is 1. The summed E-state index contributed by atoms with van der Waals surface area (Å²) in [7, 11) is -3.45. The average molecular weight is 264 g/mol. The molecule has 1 rings (SSSR count). The van der Waals surface area contributed by atoms with Crippen LogP contribution in [0.4, 0.5) is 0 Å². The molecule has 6 heteroatoms. The van der Waals surface area contributed by atoms with Gasteiger partial charge in [0.2, 0.25) is 10.0 Å². The van der Waals surface area contributed by atoms with Crippen molar-refractivity contribution < 1.29 is 13.5 Å². The molecule has 1 atom stereocenters. The summed E-state index contributed by atoms with van der Waals surface area (Å²) in [5.41, 5.74) is 0.818. The van der Waals surface area contributed by atoms with Gasteiger partial charge in [-0.15, -0.1) is 0 Å². The van der Waals surface area contributed by atoms with Gasteiger partial charge in [0.15, 0.2) is 0 Å². The van der Waals surface area contributed by atoms with E-state index in [9.17, 15) is 8.42 Å². The normalized spacial score (nSPS) is 13.7. The standard InChI is InChI=1S/C10H14ClNO3S/c1-8(7-13)16(14,15)12-6-9-2-4-10(11)5-3-9/h2-5,8,12-13H,6-7H2,1H3. The van der Waals surface area contributed by atoms with Gasteiger partial charge in [-0.1, -0.05) is 23.7 Å². The van der Waals surface area contributed by atoms with Crippen molar-refractivity contribution in [2.24, 2.45) is 0 Å². The fourth-order valence-electron chi connectivity index (χ4n) is 1.03. The van der Waals surface area contributed by atoms with E-state index in [1.165, 1.54) is 6.92 Å². The molecular weight excluding hydrogens is 250 g/mol. The molecule has 1 aromatic carbocycles. The SMILES string of the molecule is CC(CO)S(=O)(=O)NCc1ccc(Cl)cc1. The topological polar surface area (TPSA) is 66.4 Å².